The summed E-state index contributed by atoms with van der Waals surface area (Å²) in [5, 5.41) is 0. The fraction of sp³-hybridized carbons (Fsp3) is 0.462. The maximum Gasteiger partial charge on any atom is 0.416 e. The summed E-state index contributed by atoms with van der Waals surface area (Å²) >= 11 is 0. The number of carbonyl (C=O) groups is 2. The minimum absolute atomic E-state index is 0.00678. The second kappa shape index (κ2) is 10.7. The van der Waals surface area contributed by atoms with Crippen LogP contribution in [0.5, 0.6) is 0 Å². The quantitative estimate of drug-likeness (QED) is 0.304. The smallest absolute Gasteiger partial charge is 0.416 e. The number of aryl methyl sites for hydroxylation is 2. The number of alkyl halides is 6. The summed E-state index contributed by atoms with van der Waals surface area (Å²) < 4.78 is 91.9. The van der Waals surface area contributed by atoms with Gasteiger partial charge in [-0.2, -0.15) is 26.3 Å². The van der Waals surface area contributed by atoms with Crippen LogP contribution in [-0.2, 0) is 26.6 Å². The van der Waals surface area contributed by atoms with Crippen LogP contribution in [0.3, 0.4) is 0 Å². The molecule has 38 heavy (non-hydrogen) atoms. The van der Waals surface area contributed by atoms with E-state index in [0.29, 0.717) is 24.2 Å². The van der Waals surface area contributed by atoms with Crippen LogP contribution >= 0.6 is 0 Å². The van der Waals surface area contributed by atoms with Crippen LogP contribution in [0.4, 0.5) is 42.5 Å². The van der Waals surface area contributed by atoms with Crippen molar-refractivity contribution < 1.29 is 45.4 Å². The van der Waals surface area contributed by atoms with E-state index in [1.165, 1.54) is 9.80 Å². The van der Waals surface area contributed by atoms with Crippen molar-refractivity contribution in [1.82, 2.24) is 0 Å². The molecular weight excluding hydrogens is 518 g/mol. The molecule has 1 amide bonds. The first kappa shape index (κ1) is 29.1. The van der Waals surface area contributed by atoms with E-state index in [2.05, 4.69) is 0 Å². The number of rotatable bonds is 5. The monoisotopic (exact) mass is 546 g/mol. The van der Waals surface area contributed by atoms with Gasteiger partial charge in [0.15, 0.2) is 6.04 Å². The van der Waals surface area contributed by atoms with Crippen LogP contribution in [0.25, 0.3) is 0 Å². The highest BCUT2D eigenvalue weighted by atomic mass is 19.4. The predicted octanol–water partition coefficient (Wildman–Crippen LogP) is 6.82. The van der Waals surface area contributed by atoms with E-state index in [1.807, 2.05) is 0 Å². The van der Waals surface area contributed by atoms with Crippen molar-refractivity contribution in [3.05, 3.63) is 58.1 Å². The van der Waals surface area contributed by atoms with Gasteiger partial charge in [0, 0.05) is 6.54 Å². The molecule has 0 unspecified atom stereocenters. The first-order valence-corrected chi connectivity index (χ1v) is 11.8. The van der Waals surface area contributed by atoms with Crippen LogP contribution in [0.1, 0.15) is 54.1 Å². The van der Waals surface area contributed by atoms with E-state index >= 15 is 0 Å². The molecule has 1 aliphatic rings. The average Bonchev–Trinajstić information content (AvgIpc) is 2.83. The fourth-order valence-electron chi connectivity index (χ4n) is 4.50. The maximum atomic E-state index is 13.6. The van der Waals surface area contributed by atoms with Crippen LogP contribution < -0.4 is 9.80 Å². The molecular formula is C26H28F6N2O4. The van der Waals surface area contributed by atoms with E-state index in [9.17, 15) is 35.9 Å². The zero-order chi connectivity index (χ0) is 28.6. The summed E-state index contributed by atoms with van der Waals surface area (Å²) in [7, 11) is 1.00. The zero-order valence-electron chi connectivity index (χ0n) is 21.5. The lowest BCUT2D eigenvalue weighted by Gasteiger charge is -2.45. The number of hydrogen-bond acceptors (Lipinski definition) is 5. The van der Waals surface area contributed by atoms with Crippen molar-refractivity contribution >= 4 is 23.4 Å². The standard InChI is InChI=1S/C26H28F6N2O4/c1-6-19-13-33(20-8-14(3)15(4)9-21(20)34(19)24(36)38-7-2)22(23(35)37-5)16-10-17(25(27,28)29)12-18(11-16)26(30,31)32/h8-12,19,22H,6-7,13H2,1-5H3/t19-,22+/m0/s1. The Hall–Kier alpha value is -3.44. The van der Waals surface area contributed by atoms with Gasteiger partial charge in [-0.15, -0.1) is 0 Å². The molecule has 6 nitrogen and oxygen atoms in total. The van der Waals surface area contributed by atoms with Crippen molar-refractivity contribution in [1.29, 1.82) is 0 Å². The molecule has 0 N–H and O–H groups in total. The van der Waals surface area contributed by atoms with Gasteiger partial charge in [-0.25, -0.2) is 9.59 Å². The molecule has 2 aromatic carbocycles. The molecule has 2 aromatic rings. The average molecular weight is 547 g/mol. The summed E-state index contributed by atoms with van der Waals surface area (Å²) in [5.74, 6) is -1.05. The highest BCUT2D eigenvalue weighted by Crippen LogP contribution is 2.45. The van der Waals surface area contributed by atoms with Crippen molar-refractivity contribution in [3.63, 3.8) is 0 Å². The van der Waals surface area contributed by atoms with Gasteiger partial charge in [0.25, 0.3) is 0 Å². The number of halogens is 6. The van der Waals surface area contributed by atoms with Gasteiger partial charge in [-0.1, -0.05) is 6.92 Å². The minimum atomic E-state index is -5.10. The van der Waals surface area contributed by atoms with Crippen molar-refractivity contribution in [2.24, 2.45) is 0 Å². The van der Waals surface area contributed by atoms with Gasteiger partial charge >= 0.3 is 24.4 Å². The molecule has 0 radical (unpaired) electrons. The van der Waals surface area contributed by atoms with Crippen molar-refractivity contribution in [2.75, 3.05) is 30.1 Å². The number of amides is 1. The van der Waals surface area contributed by atoms with Gasteiger partial charge in [0.05, 0.1) is 42.3 Å². The third-order valence-corrected chi connectivity index (χ3v) is 6.53. The Kier molecular flexibility index (Phi) is 8.23. The van der Waals surface area contributed by atoms with Crippen LogP contribution in [0.15, 0.2) is 30.3 Å². The summed E-state index contributed by atoms with van der Waals surface area (Å²) in [6, 6.07) is 2.10. The molecule has 1 aliphatic heterocycles. The van der Waals surface area contributed by atoms with E-state index < -0.39 is 53.2 Å². The van der Waals surface area contributed by atoms with Gasteiger partial charge in [0.2, 0.25) is 0 Å². The number of ether oxygens (including phenoxy) is 2. The number of esters is 1. The number of anilines is 2. The lowest BCUT2D eigenvalue weighted by atomic mass is 9.94. The summed E-state index contributed by atoms with van der Waals surface area (Å²) in [6.07, 6.45) is -10.5. The van der Waals surface area contributed by atoms with Gasteiger partial charge in [-0.3, -0.25) is 4.90 Å². The van der Waals surface area contributed by atoms with Crippen LogP contribution in [-0.4, -0.2) is 38.4 Å². The molecule has 0 spiro atoms. The Labute approximate surface area is 216 Å². The summed E-state index contributed by atoms with van der Waals surface area (Å²) in [4.78, 5) is 28.8. The van der Waals surface area contributed by atoms with E-state index in [4.69, 9.17) is 9.47 Å². The van der Waals surface area contributed by atoms with E-state index in [-0.39, 0.29) is 24.9 Å². The molecule has 208 valence electrons. The zero-order valence-corrected chi connectivity index (χ0v) is 21.5. The molecule has 0 aromatic heterocycles. The highest BCUT2D eigenvalue weighted by Gasteiger charge is 2.43. The minimum Gasteiger partial charge on any atom is -0.467 e. The topological polar surface area (TPSA) is 59.1 Å². The summed E-state index contributed by atoms with van der Waals surface area (Å²) in [6.45, 7) is 6.95. The number of hydrogen-bond donors (Lipinski definition) is 0. The first-order valence-electron chi connectivity index (χ1n) is 11.8. The Morgan fingerprint density at radius 1 is 0.921 bits per heavy atom. The highest BCUT2D eigenvalue weighted by molar-refractivity contribution is 5.96. The predicted molar refractivity (Wildman–Crippen MR) is 128 cm³/mol. The first-order chi connectivity index (χ1) is 17.6. The molecule has 3 rings (SSSR count). The molecule has 0 saturated carbocycles. The molecule has 0 aliphatic carbocycles. The Morgan fingerprint density at radius 2 is 1.45 bits per heavy atom. The SMILES string of the molecule is CCOC(=O)N1c2cc(C)c(C)cc2N([C@@H](C(=O)OC)c2cc(C(F)(F)F)cc(C(F)(F)F)c2)C[C@@H]1CC. The fourth-order valence-corrected chi connectivity index (χ4v) is 4.50. The van der Waals surface area contributed by atoms with Gasteiger partial charge < -0.3 is 14.4 Å². The molecule has 12 heteroatoms. The molecule has 0 bridgehead atoms. The van der Waals surface area contributed by atoms with Crippen molar-refractivity contribution in [3.8, 4) is 0 Å². The molecule has 0 saturated heterocycles. The number of fused-ring (bicyclic) bond motifs is 1. The molecule has 1 heterocycles. The van der Waals surface area contributed by atoms with Gasteiger partial charge in [0.1, 0.15) is 0 Å². The third-order valence-electron chi connectivity index (χ3n) is 6.53. The van der Waals surface area contributed by atoms with Crippen LogP contribution in [0.2, 0.25) is 0 Å². The number of methoxy groups -OCH3 is 1. The number of nitrogens with zero attached hydrogens (tertiary/aromatic N) is 2. The largest absolute Gasteiger partial charge is 0.467 e. The second-order valence-electron chi connectivity index (χ2n) is 8.97. The third kappa shape index (κ3) is 5.68. The summed E-state index contributed by atoms with van der Waals surface area (Å²) in [5.41, 5.74) is -1.53. The lowest BCUT2D eigenvalue weighted by Crippen LogP contribution is -2.53. The second-order valence-corrected chi connectivity index (χ2v) is 8.97. The van der Waals surface area contributed by atoms with Crippen molar-refractivity contribution in [2.45, 2.75) is 58.6 Å². The van der Waals surface area contributed by atoms with Gasteiger partial charge in [-0.05, 0) is 74.2 Å². The number of benzene rings is 2. The lowest BCUT2D eigenvalue weighted by molar-refractivity contribution is -0.145. The van der Waals surface area contributed by atoms with E-state index in [1.54, 1.807) is 39.8 Å². The number of carbonyl (C=O) groups excluding carboxylic acids is 2. The molecule has 0 fully saturated rings. The maximum absolute atomic E-state index is 13.6. The molecule has 2 atom stereocenters. The van der Waals surface area contributed by atoms with E-state index in [0.717, 1.165) is 18.2 Å². The normalized spacial score (nSPS) is 16.7. The Bertz CT molecular complexity index is 1180. The Balaban J connectivity index is 2.32. The van der Waals surface area contributed by atoms with Crippen LogP contribution in [0, 0.1) is 13.8 Å². The Morgan fingerprint density at radius 3 is 1.89 bits per heavy atom.